The van der Waals surface area contributed by atoms with Gasteiger partial charge in [0.15, 0.2) is 15.2 Å². The van der Waals surface area contributed by atoms with E-state index in [4.69, 9.17) is 5.73 Å². The topological polar surface area (TPSA) is 103 Å². The van der Waals surface area contributed by atoms with Crippen molar-refractivity contribution in [1.29, 1.82) is 0 Å². The van der Waals surface area contributed by atoms with Crippen molar-refractivity contribution in [3.05, 3.63) is 16.1 Å². The Hall–Kier alpha value is -1.52. The van der Waals surface area contributed by atoms with Crippen LogP contribution in [0.2, 0.25) is 0 Å². The number of oxime groups is 1. The van der Waals surface area contributed by atoms with E-state index < -0.39 is 0 Å². The molecule has 10 heteroatoms. The van der Waals surface area contributed by atoms with Gasteiger partial charge in [-0.25, -0.2) is 4.98 Å². The zero-order valence-electron chi connectivity index (χ0n) is 9.98. The van der Waals surface area contributed by atoms with Gasteiger partial charge in [0.2, 0.25) is 5.12 Å². The third kappa shape index (κ3) is 3.49. The van der Waals surface area contributed by atoms with Crippen LogP contribution in [0.1, 0.15) is 10.7 Å². The Kier molecular flexibility index (Phi) is 4.45. The molecule has 0 unspecified atom stereocenters. The molecule has 0 atom stereocenters. The summed E-state index contributed by atoms with van der Waals surface area (Å²) in [5.74, 6) is 0. The summed E-state index contributed by atoms with van der Waals surface area (Å²) in [4.78, 5) is 20.8. The van der Waals surface area contributed by atoms with Gasteiger partial charge in [-0.15, -0.1) is 21.5 Å². The van der Waals surface area contributed by atoms with Crippen LogP contribution in [0, 0.1) is 6.92 Å². The van der Waals surface area contributed by atoms with Gasteiger partial charge in [-0.05, 0) is 18.7 Å². The molecule has 0 saturated heterocycles. The van der Waals surface area contributed by atoms with Crippen molar-refractivity contribution in [1.82, 2.24) is 15.2 Å². The molecule has 0 saturated carbocycles. The third-order valence-corrected chi connectivity index (χ3v) is 4.27. The SMILES string of the molecule is CO/N=C(\C(=O)Sc1nnc(C)s1)c1csc(N)n1. The van der Waals surface area contributed by atoms with Gasteiger partial charge >= 0.3 is 0 Å². The predicted octanol–water partition coefficient (Wildman–Crippen LogP) is 1.55. The fourth-order valence-electron chi connectivity index (χ4n) is 1.12. The van der Waals surface area contributed by atoms with Gasteiger partial charge in [-0.3, -0.25) is 4.79 Å². The average Bonchev–Trinajstić information content (AvgIpc) is 2.95. The molecule has 0 spiro atoms. The maximum atomic E-state index is 12.1. The molecule has 100 valence electrons. The summed E-state index contributed by atoms with van der Waals surface area (Å²) in [7, 11) is 1.36. The molecule has 0 fully saturated rings. The number of aryl methyl sites for hydroxylation is 1. The van der Waals surface area contributed by atoms with Crippen molar-refractivity contribution in [3.63, 3.8) is 0 Å². The Morgan fingerprint density at radius 1 is 1.53 bits per heavy atom. The van der Waals surface area contributed by atoms with E-state index in [0.717, 1.165) is 16.8 Å². The minimum absolute atomic E-state index is 0.105. The first-order valence-corrected chi connectivity index (χ1v) is 7.46. The highest BCUT2D eigenvalue weighted by Crippen LogP contribution is 2.25. The highest BCUT2D eigenvalue weighted by atomic mass is 32.2. The number of thiazole rings is 1. The molecule has 2 heterocycles. The summed E-state index contributed by atoms with van der Waals surface area (Å²) in [6.07, 6.45) is 0. The third-order valence-electron chi connectivity index (χ3n) is 1.83. The highest BCUT2D eigenvalue weighted by molar-refractivity contribution is 8.16. The number of nitrogens with two attached hydrogens (primary N) is 1. The number of anilines is 1. The first-order valence-electron chi connectivity index (χ1n) is 4.95. The number of carbonyl (C=O) groups excluding carboxylic acids is 1. The smallest absolute Gasteiger partial charge is 0.250 e. The van der Waals surface area contributed by atoms with Crippen molar-refractivity contribution in [2.45, 2.75) is 11.3 Å². The van der Waals surface area contributed by atoms with Gasteiger partial charge in [0, 0.05) is 5.38 Å². The number of carbonyl (C=O) groups is 1. The van der Waals surface area contributed by atoms with Crippen molar-refractivity contribution >= 4 is 50.4 Å². The second-order valence-corrected chi connectivity index (χ2v) is 6.46. The van der Waals surface area contributed by atoms with E-state index in [1.54, 1.807) is 5.38 Å². The fraction of sp³-hybridized carbons (Fsp3) is 0.222. The molecule has 2 aromatic rings. The van der Waals surface area contributed by atoms with Gasteiger partial charge in [-0.1, -0.05) is 16.5 Å². The van der Waals surface area contributed by atoms with Crippen molar-refractivity contribution in [3.8, 4) is 0 Å². The van der Waals surface area contributed by atoms with E-state index in [1.165, 1.54) is 29.8 Å². The van der Waals surface area contributed by atoms with E-state index in [9.17, 15) is 4.79 Å². The number of nitrogen functional groups attached to an aromatic ring is 1. The molecule has 0 aromatic carbocycles. The molecule has 0 aliphatic carbocycles. The first-order chi connectivity index (χ1) is 9.10. The maximum absolute atomic E-state index is 12.1. The van der Waals surface area contributed by atoms with Crippen LogP contribution in [0.15, 0.2) is 14.9 Å². The molecule has 2 aromatic heterocycles. The minimum Gasteiger partial charge on any atom is -0.398 e. The van der Waals surface area contributed by atoms with E-state index in [0.29, 0.717) is 15.2 Å². The minimum atomic E-state index is -0.316. The van der Waals surface area contributed by atoms with Gasteiger partial charge in [0.25, 0.3) is 0 Å². The molecule has 19 heavy (non-hydrogen) atoms. The van der Waals surface area contributed by atoms with Crippen LogP contribution < -0.4 is 5.73 Å². The van der Waals surface area contributed by atoms with E-state index in [2.05, 4.69) is 25.2 Å². The van der Waals surface area contributed by atoms with Crippen molar-refractivity contribution in [2.75, 3.05) is 12.8 Å². The lowest BCUT2D eigenvalue weighted by atomic mass is 10.3. The average molecular weight is 315 g/mol. The summed E-state index contributed by atoms with van der Waals surface area (Å²) < 4.78 is 0.550. The Labute approximate surface area is 120 Å². The van der Waals surface area contributed by atoms with Gasteiger partial charge < -0.3 is 10.6 Å². The quantitative estimate of drug-likeness (QED) is 0.518. The van der Waals surface area contributed by atoms with Gasteiger partial charge in [0.1, 0.15) is 17.8 Å². The molecule has 2 N–H and O–H groups in total. The summed E-state index contributed by atoms with van der Waals surface area (Å²) in [5, 5.41) is 13.9. The van der Waals surface area contributed by atoms with E-state index in [-0.39, 0.29) is 10.8 Å². The lowest BCUT2D eigenvalue weighted by Gasteiger charge is -1.99. The Balaban J connectivity index is 2.20. The monoisotopic (exact) mass is 315 g/mol. The van der Waals surface area contributed by atoms with Crippen LogP contribution >= 0.6 is 34.4 Å². The van der Waals surface area contributed by atoms with E-state index >= 15 is 0 Å². The summed E-state index contributed by atoms with van der Waals surface area (Å²) in [6.45, 7) is 1.82. The Morgan fingerprint density at radius 3 is 2.84 bits per heavy atom. The standard InChI is InChI=1S/C9H9N5O2S3/c1-4-12-13-9(18-4)19-7(15)6(14-16-2)5-3-17-8(10)11-5/h3H,1-2H3,(H2,10,11)/b14-6-. The van der Waals surface area contributed by atoms with Crippen LogP contribution in [-0.2, 0) is 9.63 Å². The Bertz CT molecular complexity index is 621. The second kappa shape index (κ2) is 6.08. The lowest BCUT2D eigenvalue weighted by Crippen LogP contribution is -2.13. The number of rotatable bonds is 4. The molecule has 0 radical (unpaired) electrons. The van der Waals surface area contributed by atoms with E-state index in [1.807, 2.05) is 6.92 Å². The van der Waals surface area contributed by atoms with Crippen LogP contribution in [0.3, 0.4) is 0 Å². The summed E-state index contributed by atoms with van der Waals surface area (Å²) in [6, 6.07) is 0. The summed E-state index contributed by atoms with van der Waals surface area (Å²) in [5.41, 5.74) is 6.04. The number of hydrogen-bond acceptors (Lipinski definition) is 10. The number of thioether (sulfide) groups is 1. The maximum Gasteiger partial charge on any atom is 0.250 e. The number of hydrogen-bond donors (Lipinski definition) is 1. The fourth-order valence-corrected chi connectivity index (χ4v) is 3.32. The molecule has 0 aliphatic rings. The normalized spacial score (nSPS) is 11.6. The van der Waals surface area contributed by atoms with Gasteiger partial charge in [0.05, 0.1) is 0 Å². The van der Waals surface area contributed by atoms with Crippen molar-refractivity contribution < 1.29 is 9.63 Å². The lowest BCUT2D eigenvalue weighted by molar-refractivity contribution is -0.105. The van der Waals surface area contributed by atoms with Crippen LogP contribution in [0.4, 0.5) is 5.13 Å². The zero-order chi connectivity index (χ0) is 13.8. The van der Waals surface area contributed by atoms with Crippen LogP contribution in [0.5, 0.6) is 0 Å². The molecule has 0 aliphatic heterocycles. The Morgan fingerprint density at radius 2 is 2.32 bits per heavy atom. The predicted molar refractivity (Wildman–Crippen MR) is 75.6 cm³/mol. The van der Waals surface area contributed by atoms with Crippen LogP contribution in [0.25, 0.3) is 0 Å². The number of nitrogens with zero attached hydrogens (tertiary/aromatic N) is 4. The zero-order valence-corrected chi connectivity index (χ0v) is 12.4. The number of aromatic nitrogens is 3. The largest absolute Gasteiger partial charge is 0.398 e. The molecular weight excluding hydrogens is 306 g/mol. The first kappa shape index (κ1) is 13.9. The summed E-state index contributed by atoms with van der Waals surface area (Å²) >= 11 is 3.50. The molecule has 0 bridgehead atoms. The van der Waals surface area contributed by atoms with Crippen LogP contribution in [-0.4, -0.2) is 33.1 Å². The second-order valence-electron chi connectivity index (χ2n) is 3.17. The molecule has 2 rings (SSSR count). The highest BCUT2D eigenvalue weighted by Gasteiger charge is 2.21. The molecule has 7 nitrogen and oxygen atoms in total. The molecule has 0 amide bonds. The molecular formula is C9H9N5O2S3. The van der Waals surface area contributed by atoms with Crippen molar-refractivity contribution in [2.24, 2.45) is 5.16 Å². The van der Waals surface area contributed by atoms with Gasteiger partial charge in [-0.2, -0.15) is 0 Å².